The molecular formula is C11H16N4OS. The van der Waals surface area contributed by atoms with Crippen LogP contribution in [0.1, 0.15) is 16.1 Å². The van der Waals surface area contributed by atoms with Crippen LogP contribution < -0.4 is 10.6 Å². The van der Waals surface area contributed by atoms with Crippen LogP contribution in [0.25, 0.3) is 0 Å². The lowest BCUT2D eigenvalue weighted by atomic mass is 10.00. The number of thiazole rings is 1. The summed E-state index contributed by atoms with van der Waals surface area (Å²) in [4.78, 5) is 19.2. The molecule has 92 valence electrons. The van der Waals surface area contributed by atoms with Gasteiger partial charge in [-0.15, -0.1) is 0 Å². The highest BCUT2D eigenvalue weighted by Gasteiger charge is 2.38. The van der Waals surface area contributed by atoms with E-state index in [0.29, 0.717) is 16.8 Å². The molecule has 1 aromatic rings. The molecule has 1 aromatic heterocycles. The molecule has 6 heteroatoms. The van der Waals surface area contributed by atoms with E-state index in [4.69, 9.17) is 0 Å². The number of amides is 1. The van der Waals surface area contributed by atoms with Crippen molar-refractivity contribution in [3.05, 3.63) is 11.1 Å². The van der Waals surface area contributed by atoms with E-state index < -0.39 is 0 Å². The number of nitrogens with one attached hydrogen (secondary N) is 2. The van der Waals surface area contributed by atoms with Gasteiger partial charge in [-0.2, -0.15) is 0 Å². The van der Waals surface area contributed by atoms with Crippen molar-refractivity contribution in [2.75, 3.05) is 32.0 Å². The fourth-order valence-corrected chi connectivity index (χ4v) is 3.35. The van der Waals surface area contributed by atoms with Crippen LogP contribution in [0.15, 0.2) is 6.20 Å². The summed E-state index contributed by atoms with van der Waals surface area (Å²) in [6, 6.07) is 0.330. The Kier molecular flexibility index (Phi) is 2.76. The molecule has 2 N–H and O–H groups in total. The van der Waals surface area contributed by atoms with Gasteiger partial charge in [0, 0.05) is 26.2 Å². The maximum atomic E-state index is 12.0. The summed E-state index contributed by atoms with van der Waals surface area (Å²) in [6.07, 6.45) is 2.86. The number of anilines is 1. The van der Waals surface area contributed by atoms with Gasteiger partial charge in [-0.3, -0.25) is 4.79 Å². The first-order chi connectivity index (χ1) is 8.26. The molecule has 5 nitrogen and oxygen atoms in total. The highest BCUT2D eigenvalue weighted by Crippen LogP contribution is 2.28. The summed E-state index contributed by atoms with van der Waals surface area (Å²) in [5.74, 6) is 0.665. The predicted octanol–water partition coefficient (Wildman–Crippen LogP) is 0.619. The minimum atomic E-state index is 0.0164. The zero-order chi connectivity index (χ0) is 11.8. The number of nitrogens with zero attached hydrogens (tertiary/aromatic N) is 2. The Morgan fingerprint density at radius 3 is 3.06 bits per heavy atom. The number of hydrogen-bond donors (Lipinski definition) is 2. The smallest absolute Gasteiger partial charge is 0.263 e. The number of piperidine rings is 1. The van der Waals surface area contributed by atoms with Crippen LogP contribution in [0, 0.1) is 5.92 Å². The van der Waals surface area contributed by atoms with E-state index in [-0.39, 0.29) is 5.91 Å². The lowest BCUT2D eigenvalue weighted by Gasteiger charge is -2.22. The van der Waals surface area contributed by atoms with Gasteiger partial charge in [0.15, 0.2) is 5.13 Å². The molecule has 2 aliphatic rings. The van der Waals surface area contributed by atoms with Crippen molar-refractivity contribution in [1.29, 1.82) is 0 Å². The zero-order valence-electron chi connectivity index (χ0n) is 9.77. The molecule has 3 atom stereocenters. The van der Waals surface area contributed by atoms with Gasteiger partial charge in [-0.05, 0) is 18.9 Å². The summed E-state index contributed by atoms with van der Waals surface area (Å²) in [7, 11) is 1.81. The third kappa shape index (κ3) is 2.02. The van der Waals surface area contributed by atoms with Gasteiger partial charge in [0.2, 0.25) is 0 Å². The van der Waals surface area contributed by atoms with Gasteiger partial charge in [0.1, 0.15) is 4.88 Å². The third-order valence-corrected chi connectivity index (χ3v) is 4.61. The van der Waals surface area contributed by atoms with E-state index >= 15 is 0 Å². The maximum absolute atomic E-state index is 12.0. The Balaban J connectivity index is 1.63. The molecule has 2 aliphatic heterocycles. The topological polar surface area (TPSA) is 57.3 Å². The Hall–Kier alpha value is -1.14. The standard InChI is InChI=1S/C11H16N4OS/c1-12-11-13-4-9(17-11)10(16)14-8-6-15-3-2-7(8)5-15/h4,7-8H,2-3,5-6H2,1H3,(H,12,13)(H,14,16). The first-order valence-electron chi connectivity index (χ1n) is 5.93. The fourth-order valence-electron chi connectivity index (χ4n) is 2.68. The predicted molar refractivity (Wildman–Crippen MR) is 67.5 cm³/mol. The summed E-state index contributed by atoms with van der Waals surface area (Å²) in [5.41, 5.74) is 0. The van der Waals surface area contributed by atoms with E-state index in [1.807, 2.05) is 7.05 Å². The highest BCUT2D eigenvalue weighted by atomic mass is 32.1. The molecule has 3 heterocycles. The molecule has 0 saturated carbocycles. The number of fused-ring (bicyclic) bond motifs is 2. The van der Waals surface area contributed by atoms with Crippen molar-refractivity contribution in [3.8, 4) is 0 Å². The Bertz CT molecular complexity index is 433. The summed E-state index contributed by atoms with van der Waals surface area (Å²) >= 11 is 1.40. The second-order valence-electron chi connectivity index (χ2n) is 4.67. The van der Waals surface area contributed by atoms with Gasteiger partial charge in [-0.1, -0.05) is 11.3 Å². The molecule has 17 heavy (non-hydrogen) atoms. The van der Waals surface area contributed by atoms with Crippen molar-refractivity contribution >= 4 is 22.4 Å². The number of carbonyl (C=O) groups excluding carboxylic acids is 1. The quantitative estimate of drug-likeness (QED) is 0.828. The average Bonchev–Trinajstić information content (AvgIpc) is 3.04. The lowest BCUT2D eigenvalue weighted by molar-refractivity contribution is 0.0928. The van der Waals surface area contributed by atoms with Gasteiger partial charge >= 0.3 is 0 Å². The summed E-state index contributed by atoms with van der Waals surface area (Å²) in [5, 5.41) is 6.85. The van der Waals surface area contributed by atoms with E-state index in [1.165, 1.54) is 24.3 Å². The molecular weight excluding hydrogens is 236 g/mol. The van der Waals surface area contributed by atoms with Crippen molar-refractivity contribution < 1.29 is 4.79 Å². The molecule has 0 aliphatic carbocycles. The largest absolute Gasteiger partial charge is 0.365 e. The minimum Gasteiger partial charge on any atom is -0.365 e. The first kappa shape index (κ1) is 11.0. The molecule has 3 rings (SSSR count). The highest BCUT2D eigenvalue weighted by molar-refractivity contribution is 7.17. The van der Waals surface area contributed by atoms with E-state index in [2.05, 4.69) is 20.5 Å². The molecule has 2 bridgehead atoms. The van der Waals surface area contributed by atoms with E-state index in [0.717, 1.165) is 18.2 Å². The van der Waals surface area contributed by atoms with Crippen LogP contribution in [-0.4, -0.2) is 48.5 Å². The molecule has 0 aromatic carbocycles. The number of hydrogen-bond acceptors (Lipinski definition) is 5. The Morgan fingerprint density at radius 2 is 2.47 bits per heavy atom. The second kappa shape index (κ2) is 4.27. The third-order valence-electron chi connectivity index (χ3n) is 3.59. The van der Waals surface area contributed by atoms with Crippen molar-refractivity contribution in [2.45, 2.75) is 12.5 Å². The summed E-state index contributed by atoms with van der Waals surface area (Å²) < 4.78 is 0. The normalized spacial score (nSPS) is 30.5. The number of aromatic nitrogens is 1. The van der Waals surface area contributed by atoms with Gasteiger partial charge < -0.3 is 15.5 Å². The van der Waals surface area contributed by atoms with Crippen LogP contribution >= 0.6 is 11.3 Å². The van der Waals surface area contributed by atoms with Crippen molar-refractivity contribution in [1.82, 2.24) is 15.2 Å². The maximum Gasteiger partial charge on any atom is 0.263 e. The Labute approximate surface area is 104 Å². The van der Waals surface area contributed by atoms with Crippen molar-refractivity contribution in [3.63, 3.8) is 0 Å². The minimum absolute atomic E-state index is 0.0164. The van der Waals surface area contributed by atoms with Crippen LogP contribution in [0.5, 0.6) is 0 Å². The Morgan fingerprint density at radius 1 is 1.59 bits per heavy atom. The summed E-state index contributed by atoms with van der Waals surface area (Å²) in [6.45, 7) is 3.35. The van der Waals surface area contributed by atoms with Crippen molar-refractivity contribution in [2.24, 2.45) is 5.92 Å². The molecule has 2 fully saturated rings. The molecule has 2 saturated heterocycles. The molecule has 3 unspecified atom stereocenters. The van der Waals surface area contributed by atoms with E-state index in [9.17, 15) is 4.79 Å². The van der Waals surface area contributed by atoms with E-state index in [1.54, 1.807) is 6.20 Å². The average molecular weight is 252 g/mol. The molecule has 1 amide bonds. The van der Waals surface area contributed by atoms with Crippen LogP contribution in [0.3, 0.4) is 0 Å². The van der Waals surface area contributed by atoms with Gasteiger partial charge in [0.05, 0.1) is 6.20 Å². The molecule has 0 radical (unpaired) electrons. The van der Waals surface area contributed by atoms with Gasteiger partial charge in [0.25, 0.3) is 5.91 Å². The zero-order valence-corrected chi connectivity index (χ0v) is 10.6. The van der Waals surface area contributed by atoms with Crippen LogP contribution in [-0.2, 0) is 0 Å². The SMILES string of the molecule is CNc1ncc(C(=O)NC2CN3CCC2C3)s1. The van der Waals surface area contributed by atoms with Gasteiger partial charge in [-0.25, -0.2) is 4.98 Å². The fraction of sp³-hybridized carbons (Fsp3) is 0.636. The first-order valence-corrected chi connectivity index (χ1v) is 6.74. The number of rotatable bonds is 3. The van der Waals surface area contributed by atoms with Crippen LogP contribution in [0.2, 0.25) is 0 Å². The lowest BCUT2D eigenvalue weighted by Crippen LogP contribution is -2.42. The monoisotopic (exact) mass is 252 g/mol. The number of carbonyl (C=O) groups is 1. The van der Waals surface area contributed by atoms with Crippen LogP contribution in [0.4, 0.5) is 5.13 Å². The second-order valence-corrected chi connectivity index (χ2v) is 5.70. The molecule has 0 spiro atoms.